The summed E-state index contributed by atoms with van der Waals surface area (Å²) in [6.45, 7) is 1.71. The highest BCUT2D eigenvalue weighted by molar-refractivity contribution is 8.00. The molecule has 1 aliphatic rings. The Kier molecular flexibility index (Phi) is 9.16. The van der Waals surface area contributed by atoms with Crippen LogP contribution in [0.3, 0.4) is 0 Å². The number of ether oxygens (including phenoxy) is 3. The van der Waals surface area contributed by atoms with Gasteiger partial charge in [0.15, 0.2) is 5.82 Å². The molecule has 3 heterocycles. The van der Waals surface area contributed by atoms with Crippen molar-refractivity contribution in [2.45, 2.75) is 42.7 Å². The summed E-state index contributed by atoms with van der Waals surface area (Å²) in [6, 6.07) is 31.9. The topological polar surface area (TPSA) is 93.3 Å². The van der Waals surface area contributed by atoms with Crippen LogP contribution >= 0.6 is 11.8 Å². The predicted octanol–water partition coefficient (Wildman–Crippen LogP) is 4.83. The number of nitrogens with zero attached hydrogens (tertiary/aromatic N) is 5. The second-order valence-electron chi connectivity index (χ2n) is 9.90. The Hall–Kier alpha value is -4.09. The van der Waals surface area contributed by atoms with Gasteiger partial charge < -0.3 is 14.2 Å². The van der Waals surface area contributed by atoms with E-state index in [9.17, 15) is 4.79 Å². The molecule has 5 aromatic rings. The van der Waals surface area contributed by atoms with Crippen LogP contribution in [0, 0.1) is 0 Å². The maximum absolute atomic E-state index is 13.4. The molecule has 1 aliphatic heterocycles. The SMILES string of the molecule is O=c1nc(-n2cncn2)ccn1C1S[C@@H](COCc2ccccc2)[C@H](OCc2ccccc2)[C@H]1OCc1ccccc1. The first kappa shape index (κ1) is 28.0. The molecule has 0 aliphatic carbocycles. The molecule has 0 saturated carbocycles. The van der Waals surface area contributed by atoms with E-state index in [4.69, 9.17) is 14.2 Å². The van der Waals surface area contributed by atoms with Gasteiger partial charge in [0.25, 0.3) is 0 Å². The van der Waals surface area contributed by atoms with Crippen LogP contribution in [0.2, 0.25) is 0 Å². The molecule has 1 saturated heterocycles. The van der Waals surface area contributed by atoms with E-state index in [-0.39, 0.29) is 16.7 Å². The molecule has 0 spiro atoms. The van der Waals surface area contributed by atoms with Gasteiger partial charge in [0.1, 0.15) is 30.2 Å². The normalized spacial score (nSPS) is 20.1. The average molecular weight is 582 g/mol. The van der Waals surface area contributed by atoms with Crippen molar-refractivity contribution < 1.29 is 14.2 Å². The van der Waals surface area contributed by atoms with Crippen molar-refractivity contribution >= 4 is 11.8 Å². The fraction of sp³-hybridized carbons (Fsp3) is 0.250. The summed E-state index contributed by atoms with van der Waals surface area (Å²) in [5.74, 6) is 0.401. The van der Waals surface area contributed by atoms with E-state index in [1.807, 2.05) is 91.0 Å². The van der Waals surface area contributed by atoms with Crippen molar-refractivity contribution in [1.82, 2.24) is 24.3 Å². The number of hydrogen-bond acceptors (Lipinski definition) is 8. The lowest BCUT2D eigenvalue weighted by Gasteiger charge is -2.27. The lowest BCUT2D eigenvalue weighted by Crippen LogP contribution is -2.40. The van der Waals surface area contributed by atoms with Crippen molar-refractivity contribution in [1.29, 1.82) is 0 Å². The van der Waals surface area contributed by atoms with Gasteiger partial charge in [-0.15, -0.1) is 11.8 Å². The van der Waals surface area contributed by atoms with E-state index >= 15 is 0 Å². The van der Waals surface area contributed by atoms with Gasteiger partial charge in [-0.05, 0) is 22.8 Å². The Morgan fingerprint density at radius 2 is 1.33 bits per heavy atom. The fourth-order valence-corrected chi connectivity index (χ4v) is 6.50. The smallest absolute Gasteiger partial charge is 0.350 e. The van der Waals surface area contributed by atoms with Gasteiger partial charge in [-0.2, -0.15) is 10.1 Å². The number of benzene rings is 3. The molecule has 6 rings (SSSR count). The molecule has 0 N–H and O–H groups in total. The first-order chi connectivity index (χ1) is 20.7. The maximum atomic E-state index is 13.4. The molecular weight excluding hydrogens is 550 g/mol. The highest BCUT2D eigenvalue weighted by atomic mass is 32.2. The zero-order valence-corrected chi connectivity index (χ0v) is 23.7. The van der Waals surface area contributed by atoms with Crippen LogP contribution in [0.5, 0.6) is 0 Å². The van der Waals surface area contributed by atoms with E-state index in [0.29, 0.717) is 32.2 Å². The van der Waals surface area contributed by atoms with Crippen LogP contribution in [0.1, 0.15) is 22.1 Å². The monoisotopic (exact) mass is 581 g/mol. The number of hydrogen-bond donors (Lipinski definition) is 0. The minimum Gasteiger partial charge on any atom is -0.376 e. The van der Waals surface area contributed by atoms with Crippen LogP contribution in [0.4, 0.5) is 0 Å². The second kappa shape index (κ2) is 13.7. The Bertz CT molecular complexity index is 1590. The number of aromatic nitrogens is 5. The Morgan fingerprint density at radius 1 is 0.738 bits per heavy atom. The van der Waals surface area contributed by atoms with Crippen LogP contribution in [-0.4, -0.2) is 48.4 Å². The zero-order valence-electron chi connectivity index (χ0n) is 22.9. The third kappa shape index (κ3) is 6.85. The molecule has 1 unspecified atom stereocenters. The third-order valence-corrected chi connectivity index (χ3v) is 8.52. The number of thioether (sulfide) groups is 1. The highest BCUT2D eigenvalue weighted by Crippen LogP contribution is 2.45. The summed E-state index contributed by atoms with van der Waals surface area (Å²) in [6.07, 6.45) is 3.87. The lowest BCUT2D eigenvalue weighted by atomic mass is 10.1. The predicted molar refractivity (Wildman–Crippen MR) is 160 cm³/mol. The van der Waals surface area contributed by atoms with E-state index in [1.165, 1.54) is 17.3 Å². The van der Waals surface area contributed by atoms with Gasteiger partial charge in [-0.25, -0.2) is 14.5 Å². The summed E-state index contributed by atoms with van der Waals surface area (Å²) >= 11 is 1.62. The molecule has 0 radical (unpaired) electrons. The molecule has 1 fully saturated rings. The minimum absolute atomic E-state index is 0.0925. The van der Waals surface area contributed by atoms with Gasteiger partial charge >= 0.3 is 5.69 Å². The van der Waals surface area contributed by atoms with Crippen LogP contribution in [0.15, 0.2) is 121 Å². The molecular formula is C32H31N5O4S. The summed E-state index contributed by atoms with van der Waals surface area (Å²) in [5, 5.41) is 3.62. The molecule has 214 valence electrons. The van der Waals surface area contributed by atoms with Gasteiger partial charge in [0.2, 0.25) is 0 Å². The van der Waals surface area contributed by atoms with Crippen molar-refractivity contribution in [3.8, 4) is 5.82 Å². The van der Waals surface area contributed by atoms with Gasteiger partial charge in [-0.3, -0.25) is 4.57 Å². The number of rotatable bonds is 12. The molecule has 10 heteroatoms. The fourth-order valence-electron chi connectivity index (χ4n) is 4.90. The molecule has 9 nitrogen and oxygen atoms in total. The van der Waals surface area contributed by atoms with E-state index < -0.39 is 11.8 Å². The van der Waals surface area contributed by atoms with Crippen molar-refractivity contribution in [3.05, 3.63) is 143 Å². The maximum Gasteiger partial charge on any atom is 0.350 e. The quantitative estimate of drug-likeness (QED) is 0.207. The molecule has 0 bridgehead atoms. The summed E-state index contributed by atoms with van der Waals surface area (Å²) < 4.78 is 22.5. The third-order valence-electron chi connectivity index (χ3n) is 6.99. The van der Waals surface area contributed by atoms with Gasteiger partial charge in [-0.1, -0.05) is 91.0 Å². The Labute approximate surface area is 248 Å². The molecule has 3 aromatic carbocycles. The molecule has 0 amide bonds. The zero-order chi connectivity index (χ0) is 28.6. The van der Waals surface area contributed by atoms with E-state index in [1.54, 1.807) is 28.6 Å². The van der Waals surface area contributed by atoms with Gasteiger partial charge in [0, 0.05) is 6.20 Å². The minimum atomic E-state index is -0.444. The Morgan fingerprint density at radius 3 is 1.90 bits per heavy atom. The second-order valence-corrected chi connectivity index (χ2v) is 11.3. The van der Waals surface area contributed by atoms with E-state index in [2.05, 4.69) is 15.1 Å². The van der Waals surface area contributed by atoms with E-state index in [0.717, 1.165) is 16.7 Å². The van der Waals surface area contributed by atoms with Crippen LogP contribution in [0.25, 0.3) is 5.82 Å². The summed E-state index contributed by atoms with van der Waals surface area (Å²) in [7, 11) is 0. The molecule has 42 heavy (non-hydrogen) atoms. The standard InChI is InChI=1S/C32H31N5O4S/c38-32-35-28(37-23-33-22-34-37)16-17-36(32)31-30(41-20-26-14-8-3-9-15-26)29(40-19-25-12-6-2-7-13-25)27(42-31)21-39-18-24-10-4-1-5-11-24/h1-17,22-23,27,29-31H,18-21H2/t27-,29-,30+,31?/m0/s1. The first-order valence-corrected chi connectivity index (χ1v) is 14.7. The van der Waals surface area contributed by atoms with Crippen LogP contribution < -0.4 is 5.69 Å². The van der Waals surface area contributed by atoms with Crippen molar-refractivity contribution in [3.63, 3.8) is 0 Å². The Balaban J connectivity index is 1.28. The molecule has 4 atom stereocenters. The summed E-state index contributed by atoms with van der Waals surface area (Å²) in [5.41, 5.74) is 2.80. The van der Waals surface area contributed by atoms with Crippen molar-refractivity contribution in [2.24, 2.45) is 0 Å². The highest BCUT2D eigenvalue weighted by Gasteiger charge is 2.47. The first-order valence-electron chi connectivity index (χ1n) is 13.8. The summed E-state index contributed by atoms with van der Waals surface area (Å²) in [4.78, 5) is 21.6. The van der Waals surface area contributed by atoms with Crippen molar-refractivity contribution in [2.75, 3.05) is 6.61 Å². The van der Waals surface area contributed by atoms with Gasteiger partial charge in [0.05, 0.1) is 31.7 Å². The average Bonchev–Trinajstić information content (AvgIpc) is 3.69. The molecule has 2 aromatic heterocycles. The lowest BCUT2D eigenvalue weighted by molar-refractivity contribution is -0.0920. The largest absolute Gasteiger partial charge is 0.376 e. The van der Waals surface area contributed by atoms with Crippen LogP contribution in [-0.2, 0) is 34.0 Å².